The van der Waals surface area contributed by atoms with Gasteiger partial charge in [0.2, 0.25) is 0 Å². The highest BCUT2D eigenvalue weighted by molar-refractivity contribution is 6.02. The molecule has 0 saturated carbocycles. The summed E-state index contributed by atoms with van der Waals surface area (Å²) in [5.74, 6) is 0.686. The van der Waals surface area contributed by atoms with E-state index < -0.39 is 11.7 Å². The summed E-state index contributed by atoms with van der Waals surface area (Å²) in [4.78, 5) is 21.8. The van der Waals surface area contributed by atoms with Crippen molar-refractivity contribution in [3.63, 3.8) is 0 Å². The van der Waals surface area contributed by atoms with Crippen LogP contribution < -0.4 is 15.5 Å². The summed E-state index contributed by atoms with van der Waals surface area (Å²) in [7, 11) is 1.92. The third-order valence-corrected chi connectivity index (χ3v) is 7.79. The van der Waals surface area contributed by atoms with Crippen LogP contribution in [0.2, 0.25) is 0 Å². The molecule has 0 aliphatic carbocycles. The number of amides is 2. The minimum Gasteiger partial charge on any atom is -0.324 e. The van der Waals surface area contributed by atoms with E-state index in [9.17, 15) is 18.0 Å². The zero-order chi connectivity index (χ0) is 30.1. The molecule has 0 bridgehead atoms. The number of para-hydroxylation sites is 1. The Bertz CT molecular complexity index is 1550. The van der Waals surface area contributed by atoms with Crippen molar-refractivity contribution in [3.8, 4) is 0 Å². The van der Waals surface area contributed by atoms with Crippen LogP contribution in [0.4, 0.5) is 40.8 Å². The number of aromatic nitrogens is 1. The van der Waals surface area contributed by atoms with E-state index in [1.54, 1.807) is 12.3 Å². The Morgan fingerprint density at radius 1 is 0.976 bits per heavy atom. The molecular weight excluding hydrogens is 539 g/mol. The predicted molar refractivity (Wildman–Crippen MR) is 161 cm³/mol. The maximum atomic E-state index is 13.0. The molecule has 0 radical (unpaired) electrons. The van der Waals surface area contributed by atoms with Gasteiger partial charge in [-0.25, -0.2) is 9.78 Å². The molecular formula is C33H34F3N5O. The Hall–Kier alpha value is -4.37. The molecule has 2 N–H and O–H groups in total. The van der Waals surface area contributed by atoms with Gasteiger partial charge in [0.05, 0.1) is 11.3 Å². The molecule has 2 heterocycles. The van der Waals surface area contributed by atoms with Crippen LogP contribution in [0.1, 0.15) is 49.1 Å². The summed E-state index contributed by atoms with van der Waals surface area (Å²) in [5, 5.41) is 5.85. The van der Waals surface area contributed by atoms with Crippen LogP contribution in [0, 0.1) is 0 Å². The Kier molecular flexibility index (Phi) is 7.97. The number of nitrogens with zero attached hydrogens (tertiary/aromatic N) is 3. The number of hydrogen-bond acceptors (Lipinski definition) is 4. The van der Waals surface area contributed by atoms with E-state index in [4.69, 9.17) is 0 Å². The van der Waals surface area contributed by atoms with Gasteiger partial charge in [-0.1, -0.05) is 56.3 Å². The quantitative estimate of drug-likeness (QED) is 0.233. The number of carbonyl (C=O) groups excluding carboxylic acids is 1. The Balaban J connectivity index is 1.21. The summed E-state index contributed by atoms with van der Waals surface area (Å²) in [6, 6.07) is 24.3. The molecule has 2 amide bonds. The zero-order valence-electron chi connectivity index (χ0n) is 24.0. The maximum Gasteiger partial charge on any atom is 0.416 e. The number of pyridine rings is 1. The number of anilines is 4. The van der Waals surface area contributed by atoms with Gasteiger partial charge in [-0.05, 0) is 73.1 Å². The lowest BCUT2D eigenvalue weighted by Crippen LogP contribution is -2.27. The second-order valence-corrected chi connectivity index (χ2v) is 11.3. The van der Waals surface area contributed by atoms with Crippen molar-refractivity contribution >= 4 is 28.9 Å². The maximum absolute atomic E-state index is 13.0. The molecule has 5 rings (SSSR count). The van der Waals surface area contributed by atoms with E-state index in [2.05, 4.69) is 51.4 Å². The summed E-state index contributed by atoms with van der Waals surface area (Å²) in [6.45, 7) is 7.67. The molecule has 1 aromatic heterocycles. The van der Waals surface area contributed by atoms with Crippen molar-refractivity contribution in [3.05, 3.63) is 113 Å². The molecule has 0 spiro atoms. The average Bonchev–Trinajstić information content (AvgIpc) is 3.23. The smallest absolute Gasteiger partial charge is 0.324 e. The number of nitrogens with one attached hydrogen (secondary N) is 2. The number of carbonyl (C=O) groups is 1. The van der Waals surface area contributed by atoms with Crippen molar-refractivity contribution in [2.24, 2.45) is 0 Å². The molecule has 3 aromatic carbocycles. The first-order valence-electron chi connectivity index (χ1n) is 13.8. The molecule has 9 heteroatoms. The van der Waals surface area contributed by atoms with E-state index in [1.807, 2.05) is 56.4 Å². The monoisotopic (exact) mass is 573 g/mol. The van der Waals surface area contributed by atoms with Crippen molar-refractivity contribution in [1.82, 2.24) is 9.88 Å². The highest BCUT2D eigenvalue weighted by Gasteiger charge is 2.37. The standard InChI is InChI=1S/C33H34F3N5O/c1-22(40(4)20-23-11-15-25(16-12-23)33(34,35)36)24-13-17-26(18-14-24)38-31(42)39-28-9-7-19-37-30(28)41-21-32(2,3)27-8-5-6-10-29(27)41/h5-19,22H,20-21H2,1-4H3,(H2,38,39,42). The Labute approximate surface area is 244 Å². The Morgan fingerprint density at radius 3 is 2.36 bits per heavy atom. The first kappa shape index (κ1) is 29.1. The van der Waals surface area contributed by atoms with Crippen LogP contribution >= 0.6 is 0 Å². The minimum absolute atomic E-state index is 0.000657. The van der Waals surface area contributed by atoms with Gasteiger partial charge in [-0.3, -0.25) is 4.90 Å². The lowest BCUT2D eigenvalue weighted by molar-refractivity contribution is -0.137. The summed E-state index contributed by atoms with van der Waals surface area (Å²) in [5.41, 5.74) is 4.66. The molecule has 0 fully saturated rings. The van der Waals surface area contributed by atoms with Crippen molar-refractivity contribution in [2.45, 2.75) is 44.9 Å². The van der Waals surface area contributed by atoms with E-state index in [1.165, 1.54) is 17.7 Å². The van der Waals surface area contributed by atoms with E-state index in [0.717, 1.165) is 35.5 Å². The lowest BCUT2D eigenvalue weighted by Gasteiger charge is -2.25. The number of fused-ring (bicyclic) bond motifs is 1. The molecule has 1 aliphatic rings. The predicted octanol–water partition coefficient (Wildman–Crippen LogP) is 8.37. The number of halogens is 3. The van der Waals surface area contributed by atoms with Crippen LogP contribution in [0.25, 0.3) is 0 Å². The lowest BCUT2D eigenvalue weighted by atomic mass is 9.87. The SMILES string of the molecule is CC(c1ccc(NC(=O)Nc2cccnc2N2CC(C)(C)c3ccccc32)cc1)N(C)Cc1ccc(C(F)(F)F)cc1. The highest BCUT2D eigenvalue weighted by Crippen LogP contribution is 2.45. The molecule has 42 heavy (non-hydrogen) atoms. The number of urea groups is 1. The molecule has 0 saturated heterocycles. The number of hydrogen-bond donors (Lipinski definition) is 2. The van der Waals surface area contributed by atoms with Gasteiger partial charge in [0.15, 0.2) is 5.82 Å². The van der Waals surface area contributed by atoms with Crippen molar-refractivity contribution in [1.29, 1.82) is 0 Å². The number of alkyl halides is 3. The molecule has 218 valence electrons. The van der Waals surface area contributed by atoms with Gasteiger partial charge in [0.1, 0.15) is 0 Å². The van der Waals surface area contributed by atoms with Crippen molar-refractivity contribution < 1.29 is 18.0 Å². The van der Waals surface area contributed by atoms with Crippen molar-refractivity contribution in [2.75, 3.05) is 29.1 Å². The highest BCUT2D eigenvalue weighted by atomic mass is 19.4. The number of benzene rings is 3. The second-order valence-electron chi connectivity index (χ2n) is 11.3. The van der Waals surface area contributed by atoms with Gasteiger partial charge in [0.25, 0.3) is 0 Å². The van der Waals surface area contributed by atoms with Gasteiger partial charge >= 0.3 is 12.2 Å². The first-order valence-corrected chi connectivity index (χ1v) is 13.8. The minimum atomic E-state index is -4.35. The van der Waals surface area contributed by atoms with Crippen LogP contribution in [0.5, 0.6) is 0 Å². The zero-order valence-corrected chi connectivity index (χ0v) is 24.0. The fourth-order valence-corrected chi connectivity index (χ4v) is 5.35. The summed E-state index contributed by atoms with van der Waals surface area (Å²) in [6.07, 6.45) is -2.62. The van der Waals surface area contributed by atoms with E-state index >= 15 is 0 Å². The summed E-state index contributed by atoms with van der Waals surface area (Å²) < 4.78 is 38.6. The number of rotatable bonds is 7. The molecule has 1 aliphatic heterocycles. The first-order chi connectivity index (χ1) is 19.9. The van der Waals surface area contributed by atoms with Crippen LogP contribution in [0.15, 0.2) is 91.1 Å². The molecule has 1 atom stereocenters. The largest absolute Gasteiger partial charge is 0.416 e. The van der Waals surface area contributed by atoms with E-state index in [-0.39, 0.29) is 17.5 Å². The molecule has 6 nitrogen and oxygen atoms in total. The fourth-order valence-electron chi connectivity index (χ4n) is 5.35. The Morgan fingerprint density at radius 2 is 1.67 bits per heavy atom. The average molecular weight is 574 g/mol. The normalized spacial score (nSPS) is 14.9. The van der Waals surface area contributed by atoms with Crippen LogP contribution in [0.3, 0.4) is 0 Å². The van der Waals surface area contributed by atoms with Gasteiger partial charge in [-0.15, -0.1) is 0 Å². The fraction of sp³-hybridized carbons (Fsp3) is 0.273. The molecule has 4 aromatic rings. The third kappa shape index (κ3) is 6.26. The second kappa shape index (κ2) is 11.5. The topological polar surface area (TPSA) is 60.5 Å². The van der Waals surface area contributed by atoms with E-state index in [0.29, 0.717) is 23.7 Å². The van der Waals surface area contributed by atoms with Crippen LogP contribution in [-0.4, -0.2) is 29.5 Å². The summed E-state index contributed by atoms with van der Waals surface area (Å²) >= 11 is 0. The van der Waals surface area contributed by atoms with Gasteiger partial charge in [-0.2, -0.15) is 13.2 Å². The third-order valence-electron chi connectivity index (χ3n) is 7.79. The van der Waals surface area contributed by atoms with Gasteiger partial charge < -0.3 is 15.5 Å². The molecule has 1 unspecified atom stereocenters. The van der Waals surface area contributed by atoms with Crippen LogP contribution in [-0.2, 0) is 18.1 Å². The van der Waals surface area contributed by atoms with Gasteiger partial charge in [0, 0.05) is 42.1 Å².